The average Bonchev–Trinajstić information content (AvgIpc) is 2.29. The lowest BCUT2D eigenvalue weighted by molar-refractivity contribution is 0.0893. The van der Waals surface area contributed by atoms with Crippen LogP contribution in [-0.4, -0.2) is 31.3 Å². The molecule has 2 rings (SSSR count). The summed E-state index contributed by atoms with van der Waals surface area (Å²) >= 11 is 3.44. The molecule has 1 aromatic heterocycles. The van der Waals surface area contributed by atoms with E-state index >= 15 is 0 Å². The number of aromatic nitrogens is 1. The number of halogens is 1. The number of hydrogen-bond donors (Lipinski definition) is 0. The molecular weight excluding hydrogens is 256 g/mol. The van der Waals surface area contributed by atoms with Crippen molar-refractivity contribution in [1.82, 2.24) is 4.98 Å². The molecule has 0 bridgehead atoms. The fourth-order valence-corrected chi connectivity index (χ4v) is 2.29. The van der Waals surface area contributed by atoms with Gasteiger partial charge in [0.2, 0.25) is 0 Å². The maximum absolute atomic E-state index is 5.40. The van der Waals surface area contributed by atoms with Gasteiger partial charge in [0, 0.05) is 30.9 Å². The molecule has 1 saturated heterocycles. The van der Waals surface area contributed by atoms with Gasteiger partial charge in [-0.1, -0.05) is 0 Å². The quantitative estimate of drug-likeness (QED) is 0.826. The van der Waals surface area contributed by atoms with Crippen LogP contribution in [0.3, 0.4) is 0 Å². The molecular formula is C11H15BrN2O. The standard InChI is InChI=1S/C11H15BrN2O/c1-15-11-3-2-4-14(8-11)10-5-9(12)6-13-7-10/h5-7,11H,2-4,8H2,1H3/t11-/m0/s1. The molecule has 1 aliphatic heterocycles. The first-order valence-corrected chi connectivity index (χ1v) is 5.97. The Morgan fingerprint density at radius 3 is 3.13 bits per heavy atom. The van der Waals surface area contributed by atoms with E-state index in [9.17, 15) is 0 Å². The van der Waals surface area contributed by atoms with Crippen molar-refractivity contribution in [2.45, 2.75) is 18.9 Å². The van der Waals surface area contributed by atoms with Crippen LogP contribution in [0.2, 0.25) is 0 Å². The van der Waals surface area contributed by atoms with E-state index in [1.54, 1.807) is 13.3 Å². The van der Waals surface area contributed by atoms with Crippen molar-refractivity contribution >= 4 is 21.6 Å². The molecule has 0 unspecified atom stereocenters. The van der Waals surface area contributed by atoms with Crippen molar-refractivity contribution < 1.29 is 4.74 Å². The van der Waals surface area contributed by atoms with Crippen LogP contribution in [0.5, 0.6) is 0 Å². The van der Waals surface area contributed by atoms with Gasteiger partial charge in [-0.2, -0.15) is 0 Å². The molecule has 2 heterocycles. The number of pyridine rings is 1. The number of hydrogen-bond acceptors (Lipinski definition) is 3. The lowest BCUT2D eigenvalue weighted by Crippen LogP contribution is -2.39. The molecule has 1 atom stereocenters. The first-order chi connectivity index (χ1) is 7.29. The summed E-state index contributed by atoms with van der Waals surface area (Å²) in [5.74, 6) is 0. The predicted octanol–water partition coefficient (Wildman–Crippen LogP) is 2.46. The summed E-state index contributed by atoms with van der Waals surface area (Å²) in [6.45, 7) is 2.06. The minimum atomic E-state index is 0.359. The normalized spacial score (nSPS) is 21.7. The molecule has 82 valence electrons. The summed E-state index contributed by atoms with van der Waals surface area (Å²) in [7, 11) is 1.79. The van der Waals surface area contributed by atoms with Gasteiger partial charge in [-0.25, -0.2) is 0 Å². The fraction of sp³-hybridized carbons (Fsp3) is 0.545. The van der Waals surface area contributed by atoms with Gasteiger partial charge in [-0.05, 0) is 34.8 Å². The highest BCUT2D eigenvalue weighted by Gasteiger charge is 2.19. The highest BCUT2D eigenvalue weighted by Crippen LogP contribution is 2.22. The average molecular weight is 271 g/mol. The first kappa shape index (κ1) is 10.9. The van der Waals surface area contributed by atoms with Crippen LogP contribution in [0, 0.1) is 0 Å². The van der Waals surface area contributed by atoms with Gasteiger partial charge >= 0.3 is 0 Å². The van der Waals surface area contributed by atoms with E-state index in [0.717, 1.165) is 24.0 Å². The van der Waals surface area contributed by atoms with Crippen LogP contribution in [0.25, 0.3) is 0 Å². The molecule has 0 aliphatic carbocycles. The van der Waals surface area contributed by atoms with Crippen LogP contribution < -0.4 is 4.90 Å². The van der Waals surface area contributed by atoms with Gasteiger partial charge in [-0.3, -0.25) is 4.98 Å². The fourth-order valence-electron chi connectivity index (χ4n) is 1.94. The first-order valence-electron chi connectivity index (χ1n) is 5.18. The van der Waals surface area contributed by atoms with Crippen molar-refractivity contribution in [1.29, 1.82) is 0 Å². The van der Waals surface area contributed by atoms with Gasteiger partial charge in [0.05, 0.1) is 18.0 Å². The zero-order valence-electron chi connectivity index (χ0n) is 8.82. The molecule has 0 spiro atoms. The van der Waals surface area contributed by atoms with Crippen LogP contribution in [0.15, 0.2) is 22.9 Å². The summed E-state index contributed by atoms with van der Waals surface area (Å²) in [6.07, 6.45) is 6.42. The van der Waals surface area contributed by atoms with E-state index in [1.807, 2.05) is 6.20 Å². The summed E-state index contributed by atoms with van der Waals surface area (Å²) in [5, 5.41) is 0. The molecule has 1 aliphatic rings. The van der Waals surface area contributed by atoms with Crippen molar-refractivity contribution in [3.8, 4) is 0 Å². The summed E-state index contributed by atoms with van der Waals surface area (Å²) in [6, 6.07) is 2.10. The third-order valence-electron chi connectivity index (χ3n) is 2.77. The molecule has 1 fully saturated rings. The molecule has 15 heavy (non-hydrogen) atoms. The Balaban J connectivity index is 2.09. The van der Waals surface area contributed by atoms with Crippen molar-refractivity contribution in [3.05, 3.63) is 22.9 Å². The SMILES string of the molecule is CO[C@H]1CCCN(c2cncc(Br)c2)C1. The number of methoxy groups -OCH3 is 1. The van der Waals surface area contributed by atoms with Gasteiger partial charge in [0.1, 0.15) is 0 Å². The van der Waals surface area contributed by atoms with Gasteiger partial charge in [0.15, 0.2) is 0 Å². The summed E-state index contributed by atoms with van der Waals surface area (Å²) in [4.78, 5) is 6.51. The monoisotopic (exact) mass is 270 g/mol. The molecule has 3 nitrogen and oxygen atoms in total. The van der Waals surface area contributed by atoms with Gasteiger partial charge < -0.3 is 9.64 Å². The number of piperidine rings is 1. The summed E-state index contributed by atoms with van der Waals surface area (Å²) < 4.78 is 6.43. The van der Waals surface area contributed by atoms with E-state index in [0.29, 0.717) is 6.10 Å². The van der Waals surface area contributed by atoms with E-state index in [-0.39, 0.29) is 0 Å². The number of nitrogens with zero attached hydrogens (tertiary/aromatic N) is 2. The Morgan fingerprint density at radius 1 is 1.53 bits per heavy atom. The third kappa shape index (κ3) is 2.69. The van der Waals surface area contributed by atoms with E-state index in [1.165, 1.54) is 12.1 Å². The van der Waals surface area contributed by atoms with Crippen molar-refractivity contribution in [2.75, 3.05) is 25.1 Å². The van der Waals surface area contributed by atoms with Crippen molar-refractivity contribution in [3.63, 3.8) is 0 Å². The number of ether oxygens (including phenoxy) is 1. The minimum absolute atomic E-state index is 0.359. The predicted molar refractivity (Wildman–Crippen MR) is 64.2 cm³/mol. The van der Waals surface area contributed by atoms with Crippen LogP contribution in [0.1, 0.15) is 12.8 Å². The highest BCUT2D eigenvalue weighted by atomic mass is 79.9. The summed E-state index contributed by atoms with van der Waals surface area (Å²) in [5.41, 5.74) is 1.17. The molecule has 0 saturated carbocycles. The number of rotatable bonds is 2. The third-order valence-corrected chi connectivity index (χ3v) is 3.20. The minimum Gasteiger partial charge on any atom is -0.380 e. The van der Waals surface area contributed by atoms with E-state index < -0.39 is 0 Å². The topological polar surface area (TPSA) is 25.4 Å². The second-order valence-corrected chi connectivity index (χ2v) is 4.72. The largest absolute Gasteiger partial charge is 0.380 e. The van der Waals surface area contributed by atoms with E-state index in [2.05, 4.69) is 31.9 Å². The van der Waals surface area contributed by atoms with Crippen LogP contribution in [-0.2, 0) is 4.74 Å². The molecule has 0 radical (unpaired) electrons. The Bertz CT molecular complexity index is 332. The van der Waals surface area contributed by atoms with Gasteiger partial charge in [0.25, 0.3) is 0 Å². The van der Waals surface area contributed by atoms with Crippen molar-refractivity contribution in [2.24, 2.45) is 0 Å². The second kappa shape index (κ2) is 4.94. The second-order valence-electron chi connectivity index (χ2n) is 3.81. The van der Waals surface area contributed by atoms with Crippen LogP contribution >= 0.6 is 15.9 Å². The Kier molecular flexibility index (Phi) is 3.59. The van der Waals surface area contributed by atoms with E-state index in [4.69, 9.17) is 4.74 Å². The zero-order chi connectivity index (χ0) is 10.7. The van der Waals surface area contributed by atoms with Crippen LogP contribution in [0.4, 0.5) is 5.69 Å². The molecule has 0 aromatic carbocycles. The number of anilines is 1. The molecule has 0 amide bonds. The van der Waals surface area contributed by atoms with Gasteiger partial charge in [-0.15, -0.1) is 0 Å². The zero-order valence-corrected chi connectivity index (χ0v) is 10.4. The lowest BCUT2D eigenvalue weighted by atomic mass is 10.1. The lowest BCUT2D eigenvalue weighted by Gasteiger charge is -2.33. The molecule has 0 N–H and O–H groups in total. The Labute approximate surface area is 98.6 Å². The maximum Gasteiger partial charge on any atom is 0.0746 e. The maximum atomic E-state index is 5.40. The molecule has 4 heteroatoms. The Morgan fingerprint density at radius 2 is 2.40 bits per heavy atom. The smallest absolute Gasteiger partial charge is 0.0746 e. The highest BCUT2D eigenvalue weighted by molar-refractivity contribution is 9.10. The Hall–Kier alpha value is -0.610. The molecule has 1 aromatic rings.